The summed E-state index contributed by atoms with van der Waals surface area (Å²) >= 11 is 0. The third-order valence-electron chi connectivity index (χ3n) is 5.72. The quantitative estimate of drug-likeness (QED) is 0.110. The van der Waals surface area contributed by atoms with E-state index in [0.29, 0.717) is 12.2 Å². The van der Waals surface area contributed by atoms with Gasteiger partial charge in [-0.1, -0.05) is 130 Å². The summed E-state index contributed by atoms with van der Waals surface area (Å²) in [4.78, 5) is 11.2. The lowest BCUT2D eigenvalue weighted by Gasteiger charge is -2.11. The van der Waals surface area contributed by atoms with Crippen molar-refractivity contribution in [2.45, 2.75) is 136 Å². The second kappa shape index (κ2) is 20.9. The molecule has 2 nitrogen and oxygen atoms in total. The predicted molar refractivity (Wildman–Crippen MR) is 124 cm³/mol. The highest BCUT2D eigenvalue weighted by Crippen LogP contribution is 2.18. The minimum Gasteiger partial charge on any atom is -0.462 e. The molecule has 1 atom stereocenters. The van der Waals surface area contributed by atoms with Crippen LogP contribution < -0.4 is 0 Å². The molecule has 0 aromatic heterocycles. The molecule has 0 spiro atoms. The Labute approximate surface area is 176 Å². The van der Waals surface area contributed by atoms with Crippen LogP contribution in [0.25, 0.3) is 0 Å². The van der Waals surface area contributed by atoms with Crippen molar-refractivity contribution in [3.8, 4) is 0 Å². The number of hydrogen-bond acceptors (Lipinski definition) is 2. The minimum atomic E-state index is -0.253. The molecule has 0 rings (SSSR count). The first kappa shape index (κ1) is 27.2. The average molecular weight is 395 g/mol. The lowest BCUT2D eigenvalue weighted by atomic mass is 9.96. The molecule has 0 aromatic rings. The summed E-state index contributed by atoms with van der Waals surface area (Å²) in [5.41, 5.74) is 0.492. The average Bonchev–Trinajstić information content (AvgIpc) is 2.67. The fourth-order valence-corrected chi connectivity index (χ4v) is 3.71. The van der Waals surface area contributed by atoms with Gasteiger partial charge in [-0.2, -0.15) is 0 Å². The van der Waals surface area contributed by atoms with Gasteiger partial charge in [0.1, 0.15) is 0 Å². The maximum atomic E-state index is 11.2. The zero-order chi connectivity index (χ0) is 20.9. The Morgan fingerprint density at radius 1 is 0.714 bits per heavy atom. The normalized spacial score (nSPS) is 12.1. The Bertz CT molecular complexity index is 361. The van der Waals surface area contributed by atoms with E-state index < -0.39 is 0 Å². The Morgan fingerprint density at radius 2 is 1.11 bits per heavy atom. The van der Waals surface area contributed by atoms with Crippen LogP contribution in [0.2, 0.25) is 0 Å². The van der Waals surface area contributed by atoms with Crippen LogP contribution >= 0.6 is 0 Å². The highest BCUT2D eigenvalue weighted by Gasteiger charge is 2.03. The van der Waals surface area contributed by atoms with Gasteiger partial charge in [0.2, 0.25) is 0 Å². The fraction of sp³-hybridized carbons (Fsp3) is 0.885. The first-order chi connectivity index (χ1) is 13.6. The maximum absolute atomic E-state index is 11.2. The van der Waals surface area contributed by atoms with Crippen LogP contribution in [0.3, 0.4) is 0 Å². The van der Waals surface area contributed by atoms with Crippen molar-refractivity contribution in [1.29, 1.82) is 0 Å². The molecule has 0 fully saturated rings. The maximum Gasteiger partial charge on any atom is 0.333 e. The molecule has 0 bridgehead atoms. The SMILES string of the molecule is C=C(C)C(=O)OCCCCCCCC(C)CCCCCCCCCCCCC. The lowest BCUT2D eigenvalue weighted by molar-refractivity contribution is -0.139. The Hall–Kier alpha value is -0.790. The van der Waals surface area contributed by atoms with Crippen LogP contribution in [0.1, 0.15) is 136 Å². The van der Waals surface area contributed by atoms with Crippen LogP contribution in [0.4, 0.5) is 0 Å². The number of ether oxygens (including phenoxy) is 1. The van der Waals surface area contributed by atoms with Crippen molar-refractivity contribution in [1.82, 2.24) is 0 Å². The van der Waals surface area contributed by atoms with E-state index >= 15 is 0 Å². The van der Waals surface area contributed by atoms with Gasteiger partial charge in [-0.3, -0.25) is 0 Å². The summed E-state index contributed by atoms with van der Waals surface area (Å²) in [6, 6.07) is 0. The molecule has 0 heterocycles. The van der Waals surface area contributed by atoms with E-state index in [1.807, 2.05) is 0 Å². The van der Waals surface area contributed by atoms with Crippen molar-refractivity contribution in [3.63, 3.8) is 0 Å². The molecule has 166 valence electrons. The zero-order valence-electron chi connectivity index (χ0n) is 19.5. The fourth-order valence-electron chi connectivity index (χ4n) is 3.71. The van der Waals surface area contributed by atoms with E-state index in [0.717, 1.165) is 18.8 Å². The predicted octanol–water partition coefficient (Wildman–Crippen LogP) is 8.78. The van der Waals surface area contributed by atoms with Crippen molar-refractivity contribution in [2.75, 3.05) is 6.61 Å². The Kier molecular flexibility index (Phi) is 20.3. The Morgan fingerprint density at radius 3 is 1.54 bits per heavy atom. The van der Waals surface area contributed by atoms with Crippen LogP contribution in [-0.2, 0) is 9.53 Å². The van der Waals surface area contributed by atoms with Gasteiger partial charge < -0.3 is 4.74 Å². The summed E-state index contributed by atoms with van der Waals surface area (Å²) in [6.45, 7) is 10.5. The van der Waals surface area contributed by atoms with Crippen molar-refractivity contribution in [3.05, 3.63) is 12.2 Å². The molecule has 0 aromatic carbocycles. The Balaban J connectivity index is 3.22. The second-order valence-electron chi connectivity index (χ2n) is 8.90. The van der Waals surface area contributed by atoms with Gasteiger partial charge in [-0.15, -0.1) is 0 Å². The second-order valence-corrected chi connectivity index (χ2v) is 8.90. The molecule has 0 saturated carbocycles. The smallest absolute Gasteiger partial charge is 0.333 e. The summed E-state index contributed by atoms with van der Waals surface area (Å²) < 4.78 is 5.12. The number of carbonyl (C=O) groups excluding carboxylic acids is 1. The van der Waals surface area contributed by atoms with E-state index in [-0.39, 0.29) is 5.97 Å². The van der Waals surface area contributed by atoms with Gasteiger partial charge in [0.15, 0.2) is 0 Å². The first-order valence-corrected chi connectivity index (χ1v) is 12.4. The minimum absolute atomic E-state index is 0.253. The van der Waals surface area contributed by atoms with Crippen LogP contribution in [0.15, 0.2) is 12.2 Å². The third-order valence-corrected chi connectivity index (χ3v) is 5.72. The molecule has 0 aliphatic rings. The molecular formula is C26H50O2. The van der Waals surface area contributed by atoms with Crippen molar-refractivity contribution >= 4 is 5.97 Å². The molecule has 0 saturated heterocycles. The van der Waals surface area contributed by atoms with Crippen LogP contribution in [0.5, 0.6) is 0 Å². The largest absolute Gasteiger partial charge is 0.462 e. The molecule has 28 heavy (non-hydrogen) atoms. The summed E-state index contributed by atoms with van der Waals surface area (Å²) in [5, 5.41) is 0. The van der Waals surface area contributed by atoms with Gasteiger partial charge in [0.05, 0.1) is 6.61 Å². The zero-order valence-corrected chi connectivity index (χ0v) is 19.5. The van der Waals surface area contributed by atoms with E-state index in [1.54, 1.807) is 6.92 Å². The van der Waals surface area contributed by atoms with Crippen molar-refractivity contribution < 1.29 is 9.53 Å². The lowest BCUT2D eigenvalue weighted by Crippen LogP contribution is -2.06. The number of carbonyl (C=O) groups is 1. The highest BCUT2D eigenvalue weighted by atomic mass is 16.5. The molecule has 1 unspecified atom stereocenters. The number of esters is 1. The molecule has 0 aliphatic heterocycles. The molecular weight excluding hydrogens is 344 g/mol. The van der Waals surface area contributed by atoms with Gasteiger partial charge in [-0.25, -0.2) is 4.79 Å². The van der Waals surface area contributed by atoms with Gasteiger partial charge >= 0.3 is 5.97 Å². The van der Waals surface area contributed by atoms with Gasteiger partial charge in [0, 0.05) is 5.57 Å². The van der Waals surface area contributed by atoms with Gasteiger partial charge in [0.25, 0.3) is 0 Å². The standard InChI is InChI=1S/C26H50O2/c1-5-6-7-8-9-10-11-12-13-15-18-21-25(4)22-19-16-14-17-20-23-28-26(27)24(2)3/h25H,2,5-23H2,1,3-4H3. The highest BCUT2D eigenvalue weighted by molar-refractivity contribution is 5.86. The van der Waals surface area contributed by atoms with E-state index in [4.69, 9.17) is 4.74 Å². The first-order valence-electron chi connectivity index (χ1n) is 12.4. The molecule has 0 amide bonds. The third kappa shape index (κ3) is 20.0. The monoisotopic (exact) mass is 394 g/mol. The topological polar surface area (TPSA) is 26.3 Å². The summed E-state index contributed by atoms with van der Waals surface area (Å²) in [7, 11) is 0. The van der Waals surface area contributed by atoms with Crippen LogP contribution in [-0.4, -0.2) is 12.6 Å². The molecule has 2 heteroatoms. The number of rotatable bonds is 21. The van der Waals surface area contributed by atoms with Crippen LogP contribution in [0, 0.1) is 5.92 Å². The number of hydrogen-bond donors (Lipinski definition) is 0. The van der Waals surface area contributed by atoms with Gasteiger partial charge in [-0.05, 0) is 19.3 Å². The van der Waals surface area contributed by atoms with E-state index in [2.05, 4.69) is 20.4 Å². The summed E-state index contributed by atoms with van der Waals surface area (Å²) in [6.07, 6.45) is 24.6. The molecule has 0 aliphatic carbocycles. The summed E-state index contributed by atoms with van der Waals surface area (Å²) in [5.74, 6) is 0.631. The number of unbranched alkanes of at least 4 members (excludes halogenated alkanes) is 14. The molecule has 0 N–H and O–H groups in total. The van der Waals surface area contributed by atoms with E-state index in [9.17, 15) is 4.79 Å². The van der Waals surface area contributed by atoms with E-state index in [1.165, 1.54) is 103 Å². The molecule has 0 radical (unpaired) electrons. The van der Waals surface area contributed by atoms with Crippen molar-refractivity contribution in [2.24, 2.45) is 5.92 Å².